The van der Waals surface area contributed by atoms with Crippen LogP contribution in [0.1, 0.15) is 58.2 Å². The topological polar surface area (TPSA) is 38.7 Å². The minimum absolute atomic E-state index is 0.186. The Morgan fingerprint density at radius 2 is 1.66 bits per heavy atom. The third kappa shape index (κ3) is 3.92. The first-order valence-electron chi connectivity index (χ1n) is 9.68. The second kappa shape index (κ2) is 8.00. The zero-order valence-electron chi connectivity index (χ0n) is 17.8. The number of hydrogen-bond donors (Lipinski definition) is 0. The van der Waals surface area contributed by atoms with Crippen LogP contribution in [0.3, 0.4) is 0 Å². The van der Waals surface area contributed by atoms with Gasteiger partial charge in [-0.2, -0.15) is 0 Å². The maximum absolute atomic E-state index is 11.4. The van der Waals surface area contributed by atoms with E-state index in [1.54, 1.807) is 0 Å². The summed E-state index contributed by atoms with van der Waals surface area (Å²) in [5, 5.41) is 4.93. The molecule has 150 valence electrons. The van der Waals surface area contributed by atoms with E-state index in [0.717, 1.165) is 21.7 Å². The lowest BCUT2D eigenvalue weighted by Gasteiger charge is -2.22. The van der Waals surface area contributed by atoms with Crippen LogP contribution < -0.4 is 0 Å². The summed E-state index contributed by atoms with van der Waals surface area (Å²) in [7, 11) is 0. The molecule has 0 bridgehead atoms. The zero-order chi connectivity index (χ0) is 21.3. The van der Waals surface area contributed by atoms with Gasteiger partial charge in [-0.25, -0.2) is 4.79 Å². The number of oxime groups is 1. The van der Waals surface area contributed by atoms with Crippen molar-refractivity contribution < 1.29 is 9.63 Å². The van der Waals surface area contributed by atoms with E-state index >= 15 is 0 Å². The summed E-state index contributed by atoms with van der Waals surface area (Å²) >= 11 is 6.27. The molecule has 1 aliphatic rings. The third-order valence-corrected chi connectivity index (χ3v) is 5.78. The van der Waals surface area contributed by atoms with Crippen LogP contribution in [0, 0.1) is 0 Å². The molecule has 0 spiro atoms. The minimum Gasteiger partial charge on any atom is -0.318 e. The van der Waals surface area contributed by atoms with Crippen molar-refractivity contribution in [3.05, 3.63) is 81.4 Å². The summed E-state index contributed by atoms with van der Waals surface area (Å²) in [5.41, 5.74) is 8.23. The average molecular weight is 408 g/mol. The SMILES string of the molecule is C/C=C\C(C)=C(/C)C(=NOC(C)=O)c1ccc2c(c1)C(C)(C)c1cc(Cl)ccc1-2. The van der Waals surface area contributed by atoms with Crippen LogP contribution in [0.5, 0.6) is 0 Å². The number of rotatable bonds is 4. The van der Waals surface area contributed by atoms with Gasteiger partial charge in [0.25, 0.3) is 0 Å². The van der Waals surface area contributed by atoms with Crippen molar-refractivity contribution in [3.63, 3.8) is 0 Å². The molecule has 0 saturated heterocycles. The highest BCUT2D eigenvalue weighted by Crippen LogP contribution is 2.49. The molecule has 0 aliphatic heterocycles. The first-order valence-corrected chi connectivity index (χ1v) is 10.1. The van der Waals surface area contributed by atoms with Crippen molar-refractivity contribution in [3.8, 4) is 11.1 Å². The number of carbonyl (C=O) groups is 1. The van der Waals surface area contributed by atoms with E-state index < -0.39 is 5.97 Å². The largest absolute Gasteiger partial charge is 0.332 e. The van der Waals surface area contributed by atoms with E-state index in [1.165, 1.54) is 29.2 Å². The molecule has 0 heterocycles. The van der Waals surface area contributed by atoms with Crippen molar-refractivity contribution in [1.29, 1.82) is 0 Å². The Kier molecular flexibility index (Phi) is 5.81. The van der Waals surface area contributed by atoms with Crippen molar-refractivity contribution in [2.45, 2.75) is 47.0 Å². The third-order valence-electron chi connectivity index (χ3n) is 5.54. The molecule has 3 rings (SSSR count). The number of allylic oxidation sites excluding steroid dienone is 4. The maximum atomic E-state index is 11.4. The fourth-order valence-corrected chi connectivity index (χ4v) is 4.04. The molecule has 0 unspecified atom stereocenters. The molecule has 4 heteroatoms. The lowest BCUT2D eigenvalue weighted by atomic mass is 9.81. The van der Waals surface area contributed by atoms with Gasteiger partial charge in [0.1, 0.15) is 5.71 Å². The summed E-state index contributed by atoms with van der Waals surface area (Å²) in [5.74, 6) is -0.442. The Hall–Kier alpha value is -2.65. The fraction of sp³-hybridized carbons (Fsp3) is 0.280. The average Bonchev–Trinajstić information content (AvgIpc) is 2.88. The van der Waals surface area contributed by atoms with Gasteiger partial charge in [0.15, 0.2) is 0 Å². The van der Waals surface area contributed by atoms with Gasteiger partial charge in [0, 0.05) is 22.9 Å². The normalized spacial score (nSPS) is 15.8. The summed E-state index contributed by atoms with van der Waals surface area (Å²) in [6.07, 6.45) is 4.00. The lowest BCUT2D eigenvalue weighted by molar-refractivity contribution is -0.140. The molecular weight excluding hydrogens is 382 g/mol. The molecule has 0 atom stereocenters. The van der Waals surface area contributed by atoms with Crippen LogP contribution in [0.2, 0.25) is 5.02 Å². The summed E-state index contributed by atoms with van der Waals surface area (Å²) in [6, 6.07) is 12.4. The molecule has 0 saturated carbocycles. The Morgan fingerprint density at radius 3 is 2.28 bits per heavy atom. The molecule has 0 radical (unpaired) electrons. The molecule has 0 amide bonds. The standard InChI is InChI=1S/C25H26ClNO2/c1-7-8-15(2)16(3)24(27-29-17(4)28)18-9-11-20-21-12-10-19(26)14-23(21)25(5,6)22(20)13-18/h7-14H,1-6H3/b8-7-,16-15+,27-24?. The van der Waals surface area contributed by atoms with Crippen LogP contribution in [-0.2, 0) is 15.0 Å². The minimum atomic E-state index is -0.442. The number of carbonyl (C=O) groups excluding carboxylic acids is 1. The van der Waals surface area contributed by atoms with Gasteiger partial charge in [-0.15, -0.1) is 0 Å². The van der Waals surface area contributed by atoms with Gasteiger partial charge < -0.3 is 4.84 Å². The van der Waals surface area contributed by atoms with Gasteiger partial charge in [-0.1, -0.05) is 61.0 Å². The van der Waals surface area contributed by atoms with Gasteiger partial charge in [-0.3, -0.25) is 0 Å². The molecule has 2 aromatic carbocycles. The van der Waals surface area contributed by atoms with Crippen molar-refractivity contribution in [2.24, 2.45) is 5.16 Å². The van der Waals surface area contributed by atoms with E-state index in [-0.39, 0.29) is 5.41 Å². The first-order chi connectivity index (χ1) is 13.7. The van der Waals surface area contributed by atoms with Crippen molar-refractivity contribution in [2.75, 3.05) is 0 Å². The highest BCUT2D eigenvalue weighted by molar-refractivity contribution is 6.30. The van der Waals surface area contributed by atoms with Crippen molar-refractivity contribution in [1.82, 2.24) is 0 Å². The smallest absolute Gasteiger partial charge is 0.318 e. The lowest BCUT2D eigenvalue weighted by Crippen LogP contribution is -2.16. The van der Waals surface area contributed by atoms with E-state index in [1.807, 2.05) is 51.1 Å². The highest BCUT2D eigenvalue weighted by atomic mass is 35.5. The molecule has 0 fully saturated rings. The predicted molar refractivity (Wildman–Crippen MR) is 121 cm³/mol. The fourth-order valence-electron chi connectivity index (χ4n) is 3.87. The molecule has 1 aliphatic carbocycles. The molecule has 0 aromatic heterocycles. The van der Waals surface area contributed by atoms with Gasteiger partial charge in [0.05, 0.1) is 0 Å². The van der Waals surface area contributed by atoms with Crippen LogP contribution in [0.25, 0.3) is 11.1 Å². The summed E-state index contributed by atoms with van der Waals surface area (Å²) < 4.78 is 0. The number of fused-ring (bicyclic) bond motifs is 3. The first kappa shape index (κ1) is 21.1. The van der Waals surface area contributed by atoms with Crippen LogP contribution >= 0.6 is 11.6 Å². The number of nitrogens with zero attached hydrogens (tertiary/aromatic N) is 1. The Bertz CT molecular complexity index is 1070. The molecule has 2 aromatic rings. The number of hydrogen-bond acceptors (Lipinski definition) is 3. The second-order valence-corrected chi connectivity index (χ2v) is 8.34. The predicted octanol–water partition coefficient (Wildman–Crippen LogP) is 6.83. The maximum Gasteiger partial charge on any atom is 0.332 e. The van der Waals surface area contributed by atoms with Gasteiger partial charge in [0.2, 0.25) is 0 Å². The number of benzene rings is 2. The van der Waals surface area contributed by atoms with Gasteiger partial charge >= 0.3 is 5.97 Å². The highest BCUT2D eigenvalue weighted by Gasteiger charge is 2.36. The second-order valence-electron chi connectivity index (χ2n) is 7.91. The van der Waals surface area contributed by atoms with E-state index in [4.69, 9.17) is 16.4 Å². The Morgan fingerprint density at radius 1 is 1.03 bits per heavy atom. The molecule has 3 nitrogen and oxygen atoms in total. The Labute approximate surface area is 177 Å². The van der Waals surface area contributed by atoms with Gasteiger partial charge in [-0.05, 0) is 72.4 Å². The van der Waals surface area contributed by atoms with E-state index in [2.05, 4.69) is 37.2 Å². The van der Waals surface area contributed by atoms with E-state index in [9.17, 15) is 4.79 Å². The van der Waals surface area contributed by atoms with Crippen LogP contribution in [-0.4, -0.2) is 11.7 Å². The zero-order valence-corrected chi connectivity index (χ0v) is 18.5. The number of halogens is 1. The van der Waals surface area contributed by atoms with Crippen LogP contribution in [0.4, 0.5) is 0 Å². The Balaban J connectivity index is 2.18. The molecule has 29 heavy (non-hydrogen) atoms. The van der Waals surface area contributed by atoms with E-state index in [0.29, 0.717) is 5.71 Å². The summed E-state index contributed by atoms with van der Waals surface area (Å²) in [4.78, 5) is 16.4. The van der Waals surface area contributed by atoms with Crippen LogP contribution in [0.15, 0.2) is 64.9 Å². The molecule has 0 N–H and O–H groups in total. The molecular formula is C25H26ClNO2. The monoisotopic (exact) mass is 407 g/mol. The summed E-state index contributed by atoms with van der Waals surface area (Å²) in [6.45, 7) is 11.7. The quantitative estimate of drug-likeness (QED) is 0.241. The van der Waals surface area contributed by atoms with Crippen molar-refractivity contribution >= 4 is 23.3 Å².